The van der Waals surface area contributed by atoms with E-state index in [1.54, 1.807) is 6.07 Å². The Morgan fingerprint density at radius 2 is 2.23 bits per heavy atom. The van der Waals surface area contributed by atoms with Crippen molar-refractivity contribution in [2.45, 2.75) is 6.92 Å². The second-order valence-corrected chi connectivity index (χ2v) is 3.02. The van der Waals surface area contributed by atoms with E-state index in [0.29, 0.717) is 5.75 Å². The molecule has 1 aromatic carbocycles. The zero-order valence-electron chi connectivity index (χ0n) is 8.04. The monoisotopic (exact) mass is 177 g/mol. The SMILES string of the molecule is CNCC=Cc1cc(C)ccc1O. The summed E-state index contributed by atoms with van der Waals surface area (Å²) in [4.78, 5) is 0. The molecule has 0 fully saturated rings. The lowest BCUT2D eigenvalue weighted by molar-refractivity contribution is 0.474. The van der Waals surface area contributed by atoms with E-state index in [9.17, 15) is 5.11 Å². The number of aryl methyl sites for hydroxylation is 1. The number of nitrogens with one attached hydrogen (secondary N) is 1. The van der Waals surface area contributed by atoms with E-state index in [1.807, 2.05) is 38.3 Å². The number of likely N-dealkylation sites (N-methyl/N-ethyl adjacent to an activating group) is 1. The van der Waals surface area contributed by atoms with Crippen LogP contribution in [0.5, 0.6) is 5.75 Å². The first-order chi connectivity index (χ1) is 6.24. The van der Waals surface area contributed by atoms with Gasteiger partial charge in [0.25, 0.3) is 0 Å². The van der Waals surface area contributed by atoms with Crippen LogP contribution in [0.15, 0.2) is 24.3 Å². The van der Waals surface area contributed by atoms with E-state index in [1.165, 1.54) is 0 Å². The quantitative estimate of drug-likeness (QED) is 0.739. The van der Waals surface area contributed by atoms with Crippen LogP contribution in [0.4, 0.5) is 0 Å². The lowest BCUT2D eigenvalue weighted by Crippen LogP contribution is -2.03. The smallest absolute Gasteiger partial charge is 0.122 e. The summed E-state index contributed by atoms with van der Waals surface area (Å²) < 4.78 is 0. The van der Waals surface area contributed by atoms with Gasteiger partial charge in [-0.15, -0.1) is 0 Å². The van der Waals surface area contributed by atoms with Gasteiger partial charge in [-0.3, -0.25) is 0 Å². The molecule has 0 aromatic heterocycles. The van der Waals surface area contributed by atoms with Crippen LogP contribution in [0.3, 0.4) is 0 Å². The highest BCUT2D eigenvalue weighted by molar-refractivity contribution is 5.57. The third kappa shape index (κ3) is 2.92. The summed E-state index contributed by atoms with van der Waals surface area (Å²) in [5, 5.41) is 12.5. The molecule has 0 saturated carbocycles. The maximum atomic E-state index is 9.46. The molecule has 0 aliphatic rings. The molecule has 2 heteroatoms. The summed E-state index contributed by atoms with van der Waals surface area (Å²) in [6.45, 7) is 2.82. The van der Waals surface area contributed by atoms with Crippen molar-refractivity contribution >= 4 is 6.08 Å². The number of aromatic hydroxyl groups is 1. The van der Waals surface area contributed by atoms with Crippen molar-refractivity contribution in [3.63, 3.8) is 0 Å². The Hall–Kier alpha value is -1.28. The predicted octanol–water partition coefficient (Wildman–Crippen LogP) is 1.93. The third-order valence-electron chi connectivity index (χ3n) is 1.80. The molecule has 0 atom stereocenters. The molecule has 0 bridgehead atoms. The maximum absolute atomic E-state index is 9.46. The molecule has 0 saturated heterocycles. The van der Waals surface area contributed by atoms with Gasteiger partial charge in [0.2, 0.25) is 0 Å². The van der Waals surface area contributed by atoms with Gasteiger partial charge >= 0.3 is 0 Å². The van der Waals surface area contributed by atoms with Crippen molar-refractivity contribution in [2.24, 2.45) is 0 Å². The van der Waals surface area contributed by atoms with Crippen molar-refractivity contribution in [1.29, 1.82) is 0 Å². The van der Waals surface area contributed by atoms with Gasteiger partial charge in [0.1, 0.15) is 5.75 Å². The van der Waals surface area contributed by atoms with Gasteiger partial charge in [-0.25, -0.2) is 0 Å². The Kier molecular flexibility index (Phi) is 3.53. The van der Waals surface area contributed by atoms with Crippen LogP contribution in [0.2, 0.25) is 0 Å². The molecule has 0 aliphatic carbocycles. The Morgan fingerprint density at radius 1 is 1.46 bits per heavy atom. The molecule has 0 amide bonds. The normalized spacial score (nSPS) is 10.9. The fourth-order valence-corrected chi connectivity index (χ4v) is 1.11. The highest BCUT2D eigenvalue weighted by atomic mass is 16.3. The Labute approximate surface area is 78.9 Å². The molecular weight excluding hydrogens is 162 g/mol. The number of hydrogen-bond acceptors (Lipinski definition) is 2. The van der Waals surface area contributed by atoms with E-state index < -0.39 is 0 Å². The van der Waals surface area contributed by atoms with Crippen LogP contribution in [0.1, 0.15) is 11.1 Å². The van der Waals surface area contributed by atoms with Gasteiger partial charge in [-0.05, 0) is 26.1 Å². The molecule has 0 heterocycles. The number of rotatable bonds is 3. The standard InChI is InChI=1S/C11H15NO/c1-9-5-6-11(13)10(8-9)4-3-7-12-2/h3-6,8,12-13H,7H2,1-2H3. The summed E-state index contributed by atoms with van der Waals surface area (Å²) in [6, 6.07) is 5.57. The van der Waals surface area contributed by atoms with Crippen molar-refractivity contribution in [2.75, 3.05) is 13.6 Å². The fraction of sp³-hybridized carbons (Fsp3) is 0.273. The van der Waals surface area contributed by atoms with Crippen LogP contribution in [-0.4, -0.2) is 18.7 Å². The zero-order chi connectivity index (χ0) is 9.68. The van der Waals surface area contributed by atoms with Gasteiger partial charge in [-0.1, -0.05) is 23.8 Å². The fourth-order valence-electron chi connectivity index (χ4n) is 1.11. The molecule has 0 unspecified atom stereocenters. The molecule has 2 nitrogen and oxygen atoms in total. The van der Waals surface area contributed by atoms with Gasteiger partial charge in [0.05, 0.1) is 0 Å². The van der Waals surface area contributed by atoms with Gasteiger partial charge in [0.15, 0.2) is 0 Å². The summed E-state index contributed by atoms with van der Waals surface area (Å²) in [5.74, 6) is 0.331. The zero-order valence-corrected chi connectivity index (χ0v) is 8.04. The van der Waals surface area contributed by atoms with E-state index >= 15 is 0 Å². The summed E-state index contributed by atoms with van der Waals surface area (Å²) >= 11 is 0. The van der Waals surface area contributed by atoms with Crippen molar-refractivity contribution in [3.05, 3.63) is 35.4 Å². The molecule has 2 N–H and O–H groups in total. The minimum absolute atomic E-state index is 0.331. The summed E-state index contributed by atoms with van der Waals surface area (Å²) in [7, 11) is 1.89. The van der Waals surface area contributed by atoms with Crippen molar-refractivity contribution < 1.29 is 5.11 Å². The average Bonchev–Trinajstić information content (AvgIpc) is 2.11. The Balaban J connectivity index is 2.81. The minimum Gasteiger partial charge on any atom is -0.507 e. The molecule has 70 valence electrons. The summed E-state index contributed by atoms with van der Waals surface area (Å²) in [6.07, 6.45) is 3.90. The topological polar surface area (TPSA) is 32.3 Å². The number of phenols is 1. The van der Waals surface area contributed by atoms with E-state index in [2.05, 4.69) is 5.32 Å². The highest BCUT2D eigenvalue weighted by Gasteiger charge is 1.95. The molecule has 0 spiro atoms. The van der Waals surface area contributed by atoms with Crippen LogP contribution in [-0.2, 0) is 0 Å². The van der Waals surface area contributed by atoms with Crippen molar-refractivity contribution in [1.82, 2.24) is 5.32 Å². The number of hydrogen-bond donors (Lipinski definition) is 2. The largest absolute Gasteiger partial charge is 0.507 e. The maximum Gasteiger partial charge on any atom is 0.122 e. The van der Waals surface area contributed by atoms with E-state index in [-0.39, 0.29) is 0 Å². The molecule has 0 radical (unpaired) electrons. The van der Waals surface area contributed by atoms with E-state index in [4.69, 9.17) is 0 Å². The molecule has 13 heavy (non-hydrogen) atoms. The first-order valence-corrected chi connectivity index (χ1v) is 4.35. The lowest BCUT2D eigenvalue weighted by Gasteiger charge is -2.00. The van der Waals surface area contributed by atoms with Crippen LogP contribution in [0, 0.1) is 6.92 Å². The second-order valence-electron chi connectivity index (χ2n) is 3.02. The Morgan fingerprint density at radius 3 is 2.92 bits per heavy atom. The van der Waals surface area contributed by atoms with Gasteiger partial charge < -0.3 is 10.4 Å². The summed E-state index contributed by atoms with van der Waals surface area (Å²) in [5.41, 5.74) is 2.03. The molecule has 1 rings (SSSR count). The van der Waals surface area contributed by atoms with Crippen LogP contribution < -0.4 is 5.32 Å². The van der Waals surface area contributed by atoms with Gasteiger partial charge in [-0.2, -0.15) is 0 Å². The number of benzene rings is 1. The van der Waals surface area contributed by atoms with E-state index in [0.717, 1.165) is 17.7 Å². The van der Waals surface area contributed by atoms with Crippen LogP contribution >= 0.6 is 0 Å². The molecule has 1 aromatic rings. The first kappa shape index (κ1) is 9.81. The lowest BCUT2D eigenvalue weighted by atomic mass is 10.1. The Bertz CT molecular complexity index is 305. The van der Waals surface area contributed by atoms with Crippen molar-refractivity contribution in [3.8, 4) is 5.75 Å². The third-order valence-corrected chi connectivity index (χ3v) is 1.80. The molecular formula is C11H15NO. The number of phenolic OH excluding ortho intramolecular Hbond substituents is 1. The average molecular weight is 177 g/mol. The highest BCUT2D eigenvalue weighted by Crippen LogP contribution is 2.19. The first-order valence-electron chi connectivity index (χ1n) is 4.35. The van der Waals surface area contributed by atoms with Crippen LogP contribution in [0.25, 0.3) is 6.08 Å². The molecule has 0 aliphatic heterocycles. The second kappa shape index (κ2) is 4.67. The predicted molar refractivity (Wildman–Crippen MR) is 55.8 cm³/mol. The minimum atomic E-state index is 0.331. The van der Waals surface area contributed by atoms with Gasteiger partial charge in [0, 0.05) is 12.1 Å².